The Morgan fingerprint density at radius 2 is 1.92 bits per heavy atom. The zero-order valence-electron chi connectivity index (χ0n) is 14.3. The van der Waals surface area contributed by atoms with E-state index in [9.17, 15) is 0 Å². The Labute approximate surface area is 146 Å². The van der Waals surface area contributed by atoms with E-state index in [1.54, 1.807) is 19.8 Å². The Balaban J connectivity index is 1.57. The summed E-state index contributed by atoms with van der Waals surface area (Å²) in [5, 5.41) is 0. The van der Waals surface area contributed by atoms with Gasteiger partial charge in [0.15, 0.2) is 11.5 Å². The first-order valence-electron chi connectivity index (χ1n) is 8.49. The van der Waals surface area contributed by atoms with Gasteiger partial charge in [-0.25, -0.2) is 15.0 Å². The topological polar surface area (TPSA) is 93.0 Å². The second kappa shape index (κ2) is 6.33. The van der Waals surface area contributed by atoms with Crippen LogP contribution in [-0.2, 0) is 5.41 Å². The van der Waals surface area contributed by atoms with Crippen molar-refractivity contribution < 1.29 is 4.74 Å². The molecule has 1 aliphatic rings. The van der Waals surface area contributed by atoms with Crippen molar-refractivity contribution in [2.24, 2.45) is 5.73 Å². The van der Waals surface area contributed by atoms with Crippen molar-refractivity contribution >= 4 is 17.0 Å². The lowest BCUT2D eigenvalue weighted by Crippen LogP contribution is -2.47. The van der Waals surface area contributed by atoms with Crippen LogP contribution in [0.1, 0.15) is 18.4 Å². The molecule has 0 aliphatic carbocycles. The van der Waals surface area contributed by atoms with Crippen molar-refractivity contribution in [2.45, 2.75) is 18.3 Å². The minimum absolute atomic E-state index is 0.00288. The summed E-state index contributed by atoms with van der Waals surface area (Å²) in [5.74, 6) is 1.79. The van der Waals surface area contributed by atoms with Gasteiger partial charge in [0, 0.05) is 25.0 Å². The number of hydrogen-bond donors (Lipinski definition) is 2. The molecule has 3 heterocycles. The molecule has 130 valence electrons. The lowest BCUT2D eigenvalue weighted by Gasteiger charge is -2.42. The number of piperidine rings is 1. The number of rotatable bonds is 4. The molecule has 0 spiro atoms. The fourth-order valence-electron chi connectivity index (χ4n) is 3.69. The summed E-state index contributed by atoms with van der Waals surface area (Å²) in [6, 6.07) is 8.30. The van der Waals surface area contributed by atoms with E-state index in [0.29, 0.717) is 12.2 Å². The average Bonchev–Trinajstić information content (AvgIpc) is 3.17. The number of ether oxygens (including phenoxy) is 1. The second-order valence-corrected chi connectivity index (χ2v) is 6.50. The van der Waals surface area contributed by atoms with E-state index in [-0.39, 0.29) is 5.41 Å². The van der Waals surface area contributed by atoms with Crippen LogP contribution in [0.25, 0.3) is 11.2 Å². The number of H-pyrrole nitrogens is 1. The fraction of sp³-hybridized carbons (Fsp3) is 0.389. The minimum Gasteiger partial charge on any atom is -0.497 e. The van der Waals surface area contributed by atoms with Gasteiger partial charge < -0.3 is 20.4 Å². The SMILES string of the molecule is COc1ccc(C2(CN)CCN(c3ncnc4nc[nH]c34)CC2)cc1. The average molecular weight is 338 g/mol. The largest absolute Gasteiger partial charge is 0.497 e. The maximum Gasteiger partial charge on any atom is 0.182 e. The van der Waals surface area contributed by atoms with Crippen molar-refractivity contribution in [3.05, 3.63) is 42.5 Å². The number of aromatic amines is 1. The molecule has 7 nitrogen and oxygen atoms in total. The van der Waals surface area contributed by atoms with Crippen LogP contribution >= 0.6 is 0 Å². The predicted octanol–water partition coefficient (Wildman–Crippen LogP) is 1.86. The number of imidazole rings is 1. The molecule has 0 unspecified atom stereocenters. The first kappa shape index (κ1) is 15.8. The lowest BCUT2D eigenvalue weighted by atomic mass is 9.73. The summed E-state index contributed by atoms with van der Waals surface area (Å²) < 4.78 is 5.27. The van der Waals surface area contributed by atoms with E-state index in [1.807, 2.05) is 12.1 Å². The molecule has 4 rings (SSSR count). The number of nitrogens with two attached hydrogens (primary N) is 1. The van der Waals surface area contributed by atoms with E-state index in [1.165, 1.54) is 5.56 Å². The fourth-order valence-corrected chi connectivity index (χ4v) is 3.69. The highest BCUT2D eigenvalue weighted by Gasteiger charge is 2.36. The van der Waals surface area contributed by atoms with Crippen LogP contribution in [-0.4, -0.2) is 46.7 Å². The van der Waals surface area contributed by atoms with Crippen LogP contribution < -0.4 is 15.4 Å². The highest BCUT2D eigenvalue weighted by molar-refractivity contribution is 5.82. The molecule has 0 bridgehead atoms. The first-order valence-corrected chi connectivity index (χ1v) is 8.49. The third-order valence-electron chi connectivity index (χ3n) is 5.32. The number of hydrogen-bond acceptors (Lipinski definition) is 6. The summed E-state index contributed by atoms with van der Waals surface area (Å²) in [6.45, 7) is 2.43. The Bertz CT molecular complexity index is 851. The summed E-state index contributed by atoms with van der Waals surface area (Å²) in [6.07, 6.45) is 5.20. The van der Waals surface area contributed by atoms with Crippen molar-refractivity contribution in [2.75, 3.05) is 31.6 Å². The van der Waals surface area contributed by atoms with Crippen LogP contribution in [0.5, 0.6) is 5.75 Å². The number of nitrogens with one attached hydrogen (secondary N) is 1. The minimum atomic E-state index is 0.00288. The Hall–Kier alpha value is -2.67. The van der Waals surface area contributed by atoms with Crippen LogP contribution in [0, 0.1) is 0 Å². The first-order chi connectivity index (χ1) is 12.3. The number of anilines is 1. The molecule has 1 aromatic carbocycles. The van der Waals surface area contributed by atoms with Crippen molar-refractivity contribution in [1.82, 2.24) is 19.9 Å². The molecule has 0 saturated carbocycles. The molecule has 25 heavy (non-hydrogen) atoms. The summed E-state index contributed by atoms with van der Waals surface area (Å²) >= 11 is 0. The quantitative estimate of drug-likeness (QED) is 0.754. The van der Waals surface area contributed by atoms with E-state index in [2.05, 4.69) is 37.0 Å². The van der Waals surface area contributed by atoms with Crippen LogP contribution in [0.15, 0.2) is 36.9 Å². The number of methoxy groups -OCH3 is 1. The van der Waals surface area contributed by atoms with Crippen LogP contribution in [0.4, 0.5) is 5.82 Å². The highest BCUT2D eigenvalue weighted by atomic mass is 16.5. The maximum absolute atomic E-state index is 6.21. The van der Waals surface area contributed by atoms with Gasteiger partial charge in [0.2, 0.25) is 0 Å². The second-order valence-electron chi connectivity index (χ2n) is 6.50. The molecular formula is C18H22N6O. The highest BCUT2D eigenvalue weighted by Crippen LogP contribution is 2.37. The molecule has 0 radical (unpaired) electrons. The van der Waals surface area contributed by atoms with Gasteiger partial charge in [-0.3, -0.25) is 0 Å². The molecule has 2 aromatic heterocycles. The van der Waals surface area contributed by atoms with Gasteiger partial charge in [0.1, 0.15) is 17.6 Å². The van der Waals surface area contributed by atoms with Gasteiger partial charge in [0.05, 0.1) is 13.4 Å². The Morgan fingerprint density at radius 3 is 2.60 bits per heavy atom. The van der Waals surface area contributed by atoms with Gasteiger partial charge in [-0.05, 0) is 30.5 Å². The van der Waals surface area contributed by atoms with E-state index < -0.39 is 0 Å². The smallest absolute Gasteiger partial charge is 0.182 e. The predicted molar refractivity (Wildman–Crippen MR) is 96.9 cm³/mol. The molecule has 1 saturated heterocycles. The third kappa shape index (κ3) is 2.70. The van der Waals surface area contributed by atoms with Crippen LogP contribution in [0.2, 0.25) is 0 Å². The van der Waals surface area contributed by atoms with Gasteiger partial charge in [-0.1, -0.05) is 12.1 Å². The van der Waals surface area contributed by atoms with Gasteiger partial charge in [0.25, 0.3) is 0 Å². The molecule has 3 N–H and O–H groups in total. The number of nitrogens with zero attached hydrogens (tertiary/aromatic N) is 4. The Morgan fingerprint density at radius 1 is 1.16 bits per heavy atom. The van der Waals surface area contributed by atoms with Gasteiger partial charge in [-0.2, -0.15) is 0 Å². The molecule has 0 amide bonds. The Kier molecular flexibility index (Phi) is 4.01. The van der Waals surface area contributed by atoms with Crippen molar-refractivity contribution in [3.63, 3.8) is 0 Å². The summed E-state index contributed by atoms with van der Waals surface area (Å²) in [7, 11) is 1.68. The molecule has 1 aliphatic heterocycles. The monoisotopic (exact) mass is 338 g/mol. The van der Waals surface area contributed by atoms with E-state index in [4.69, 9.17) is 10.5 Å². The molecule has 0 atom stereocenters. The standard InChI is InChI=1S/C18H22N6O/c1-25-14-4-2-13(3-5-14)18(10-19)6-8-24(9-7-18)17-15-16(21-11-20-15)22-12-23-17/h2-5,11-12H,6-10,19H2,1H3,(H,20,21,22,23). The summed E-state index contributed by atoms with van der Waals surface area (Å²) in [4.78, 5) is 18.3. The van der Waals surface area contributed by atoms with E-state index >= 15 is 0 Å². The van der Waals surface area contributed by atoms with Crippen molar-refractivity contribution in [3.8, 4) is 5.75 Å². The lowest BCUT2D eigenvalue weighted by molar-refractivity contribution is 0.338. The molecule has 1 fully saturated rings. The number of fused-ring (bicyclic) bond motifs is 1. The van der Waals surface area contributed by atoms with Crippen LogP contribution in [0.3, 0.4) is 0 Å². The summed E-state index contributed by atoms with van der Waals surface area (Å²) in [5.41, 5.74) is 9.09. The normalized spacial score (nSPS) is 17.0. The maximum atomic E-state index is 6.21. The van der Waals surface area contributed by atoms with Gasteiger partial charge in [-0.15, -0.1) is 0 Å². The third-order valence-corrected chi connectivity index (χ3v) is 5.32. The molecule has 7 heteroatoms. The van der Waals surface area contributed by atoms with E-state index in [0.717, 1.165) is 43.0 Å². The zero-order valence-corrected chi connectivity index (χ0v) is 14.3. The van der Waals surface area contributed by atoms with Gasteiger partial charge >= 0.3 is 0 Å². The number of aromatic nitrogens is 4. The molecular weight excluding hydrogens is 316 g/mol. The number of benzene rings is 1. The van der Waals surface area contributed by atoms with Crippen molar-refractivity contribution in [1.29, 1.82) is 0 Å². The molecule has 3 aromatic rings. The zero-order chi connectivity index (χ0) is 17.3.